The van der Waals surface area contributed by atoms with E-state index in [0.717, 1.165) is 38.5 Å². The van der Waals surface area contributed by atoms with Crippen molar-refractivity contribution in [3.05, 3.63) is 23.8 Å². The standard InChI is InChI=1S/C27H40N2O5S/c1-5-6-8-11-22-14-15-26-24(16-22)34-25(18-28(4)27(31)23-12-9-7-10-13-23)20(2)17-29(21(3)19-30)35(26,32)33/h14-16,20-21,23,25,30H,5-7,9-10,12-13,17-19H2,1-4H3/t20-,21+,25+/m0/s1. The number of aliphatic hydroxyl groups is 1. The van der Waals surface area contributed by atoms with Gasteiger partial charge in [-0.3, -0.25) is 4.79 Å². The van der Waals surface area contributed by atoms with E-state index in [2.05, 4.69) is 18.8 Å². The molecule has 1 heterocycles. The SMILES string of the molecule is CCCC#Cc1ccc2c(c1)O[C@H](CN(C)C(=O)C1CCCCC1)[C@@H](C)CN([C@H](C)CO)S2(=O)=O. The van der Waals surface area contributed by atoms with Gasteiger partial charge in [-0.15, -0.1) is 0 Å². The summed E-state index contributed by atoms with van der Waals surface area (Å²) < 4.78 is 34.9. The third-order valence-electron chi connectivity index (χ3n) is 7.06. The van der Waals surface area contributed by atoms with Crippen molar-refractivity contribution in [2.24, 2.45) is 11.8 Å². The zero-order chi connectivity index (χ0) is 25.6. The smallest absolute Gasteiger partial charge is 0.247 e. The van der Waals surface area contributed by atoms with E-state index in [0.29, 0.717) is 12.1 Å². The van der Waals surface area contributed by atoms with Crippen molar-refractivity contribution >= 4 is 15.9 Å². The van der Waals surface area contributed by atoms with Crippen molar-refractivity contribution in [3.8, 4) is 17.6 Å². The molecule has 194 valence electrons. The van der Waals surface area contributed by atoms with Crippen LogP contribution < -0.4 is 4.74 Å². The lowest BCUT2D eigenvalue weighted by molar-refractivity contribution is -0.136. The highest BCUT2D eigenvalue weighted by atomic mass is 32.2. The van der Waals surface area contributed by atoms with E-state index in [1.54, 1.807) is 30.0 Å². The number of hydrogen-bond acceptors (Lipinski definition) is 5. The maximum absolute atomic E-state index is 13.6. The Kier molecular flexibility index (Phi) is 9.62. The predicted molar refractivity (Wildman–Crippen MR) is 136 cm³/mol. The molecule has 2 aliphatic rings. The second-order valence-corrected chi connectivity index (χ2v) is 11.9. The predicted octanol–water partition coefficient (Wildman–Crippen LogP) is 3.65. The van der Waals surface area contributed by atoms with Gasteiger partial charge in [-0.2, -0.15) is 4.31 Å². The Balaban J connectivity index is 1.96. The monoisotopic (exact) mass is 504 g/mol. The third-order valence-corrected chi connectivity index (χ3v) is 9.08. The van der Waals surface area contributed by atoms with Crippen LogP contribution in [0.3, 0.4) is 0 Å². The molecule has 0 radical (unpaired) electrons. The summed E-state index contributed by atoms with van der Waals surface area (Å²) in [7, 11) is -2.08. The molecule has 1 aliphatic heterocycles. The molecule has 0 spiro atoms. The van der Waals surface area contributed by atoms with Gasteiger partial charge >= 0.3 is 0 Å². The molecule has 0 unspecified atom stereocenters. The van der Waals surface area contributed by atoms with E-state index >= 15 is 0 Å². The highest BCUT2D eigenvalue weighted by Gasteiger charge is 2.38. The average molecular weight is 505 g/mol. The number of carbonyl (C=O) groups excluding carboxylic acids is 1. The molecule has 1 N–H and O–H groups in total. The van der Waals surface area contributed by atoms with Crippen LogP contribution in [0.1, 0.15) is 71.3 Å². The van der Waals surface area contributed by atoms with E-state index in [4.69, 9.17) is 4.74 Å². The number of sulfonamides is 1. The van der Waals surface area contributed by atoms with E-state index < -0.39 is 22.2 Å². The first-order valence-electron chi connectivity index (χ1n) is 12.9. The van der Waals surface area contributed by atoms with Gasteiger partial charge in [0.05, 0.1) is 13.2 Å². The molecule has 1 aromatic rings. The third kappa shape index (κ3) is 6.58. The minimum Gasteiger partial charge on any atom is -0.487 e. The number of likely N-dealkylation sites (N-methyl/N-ethyl adjacent to an activating group) is 1. The van der Waals surface area contributed by atoms with Crippen molar-refractivity contribution in [3.63, 3.8) is 0 Å². The zero-order valence-corrected chi connectivity index (χ0v) is 22.3. The fourth-order valence-electron chi connectivity index (χ4n) is 4.83. The fourth-order valence-corrected chi connectivity index (χ4v) is 6.66. The molecule has 7 nitrogen and oxygen atoms in total. The first kappa shape index (κ1) is 27.5. The molecule has 1 aromatic carbocycles. The van der Waals surface area contributed by atoms with E-state index in [1.807, 2.05) is 14.0 Å². The number of benzene rings is 1. The van der Waals surface area contributed by atoms with Gasteiger partial charge in [0.25, 0.3) is 0 Å². The molecule has 0 aromatic heterocycles. The number of hydrogen-bond donors (Lipinski definition) is 1. The van der Waals surface area contributed by atoms with Crippen LogP contribution in [0.25, 0.3) is 0 Å². The lowest BCUT2D eigenvalue weighted by Crippen LogP contribution is -2.50. The number of nitrogens with zero attached hydrogens (tertiary/aromatic N) is 2. The summed E-state index contributed by atoms with van der Waals surface area (Å²) in [6, 6.07) is 4.34. The Hall–Kier alpha value is -2.08. The van der Waals surface area contributed by atoms with E-state index in [1.165, 1.54) is 10.7 Å². The Morgan fingerprint density at radius 1 is 1.29 bits per heavy atom. The Bertz CT molecular complexity index is 1040. The molecule has 8 heteroatoms. The number of carbonyl (C=O) groups is 1. The van der Waals surface area contributed by atoms with Crippen LogP contribution in [0.4, 0.5) is 0 Å². The topological polar surface area (TPSA) is 87.2 Å². The van der Waals surface area contributed by atoms with Crippen LogP contribution in [0, 0.1) is 23.7 Å². The van der Waals surface area contributed by atoms with Gasteiger partial charge in [0.1, 0.15) is 16.7 Å². The number of rotatable bonds is 6. The van der Waals surface area contributed by atoms with Gasteiger partial charge in [0.15, 0.2) is 0 Å². The molecular formula is C27H40N2O5S. The second-order valence-electron chi connectivity index (χ2n) is 10.0. The van der Waals surface area contributed by atoms with Crippen molar-refractivity contribution < 1.29 is 23.1 Å². The molecule has 3 rings (SSSR count). The quantitative estimate of drug-likeness (QED) is 0.598. The van der Waals surface area contributed by atoms with Gasteiger partial charge in [-0.05, 0) is 44.4 Å². The van der Waals surface area contributed by atoms with Gasteiger partial charge in [0.2, 0.25) is 15.9 Å². The van der Waals surface area contributed by atoms with Crippen LogP contribution >= 0.6 is 0 Å². The highest BCUT2D eigenvalue weighted by Crippen LogP contribution is 2.34. The number of amides is 1. The highest BCUT2D eigenvalue weighted by molar-refractivity contribution is 7.89. The number of fused-ring (bicyclic) bond motifs is 1. The first-order chi connectivity index (χ1) is 16.7. The molecule has 0 bridgehead atoms. The van der Waals surface area contributed by atoms with Crippen molar-refractivity contribution in [1.82, 2.24) is 9.21 Å². The molecule has 1 fully saturated rings. The van der Waals surface area contributed by atoms with Crippen LogP contribution in [0.5, 0.6) is 5.75 Å². The van der Waals surface area contributed by atoms with E-state index in [-0.39, 0.29) is 41.5 Å². The van der Waals surface area contributed by atoms with Crippen LogP contribution in [0.2, 0.25) is 0 Å². The molecule has 1 aliphatic carbocycles. The van der Waals surface area contributed by atoms with Gasteiger partial charge in [-0.1, -0.05) is 45.0 Å². The molecule has 1 amide bonds. The summed E-state index contributed by atoms with van der Waals surface area (Å²) >= 11 is 0. The Morgan fingerprint density at radius 3 is 2.66 bits per heavy atom. The lowest BCUT2D eigenvalue weighted by atomic mass is 9.88. The van der Waals surface area contributed by atoms with Crippen molar-refractivity contribution in [1.29, 1.82) is 0 Å². The maximum Gasteiger partial charge on any atom is 0.247 e. The maximum atomic E-state index is 13.6. The molecule has 3 atom stereocenters. The second kappa shape index (κ2) is 12.2. The van der Waals surface area contributed by atoms with Gasteiger partial charge < -0.3 is 14.7 Å². The lowest BCUT2D eigenvalue weighted by Gasteiger charge is -2.38. The van der Waals surface area contributed by atoms with Gasteiger partial charge in [-0.25, -0.2) is 8.42 Å². The minimum absolute atomic E-state index is 0.0524. The number of aliphatic hydroxyl groups excluding tert-OH is 1. The van der Waals surface area contributed by atoms with Crippen LogP contribution in [0.15, 0.2) is 23.1 Å². The first-order valence-corrected chi connectivity index (χ1v) is 14.3. The zero-order valence-electron chi connectivity index (χ0n) is 21.5. The largest absolute Gasteiger partial charge is 0.487 e. The number of unbranched alkanes of at least 4 members (excludes halogenated alkanes) is 1. The van der Waals surface area contributed by atoms with E-state index in [9.17, 15) is 18.3 Å². The summed E-state index contributed by atoms with van der Waals surface area (Å²) in [4.78, 5) is 14.9. The Labute approximate surface area is 210 Å². The summed E-state index contributed by atoms with van der Waals surface area (Å²) in [5.41, 5.74) is 0.688. The average Bonchev–Trinajstić information content (AvgIpc) is 2.85. The van der Waals surface area contributed by atoms with Crippen molar-refractivity contribution in [2.45, 2.75) is 82.8 Å². The Morgan fingerprint density at radius 2 is 2.00 bits per heavy atom. The summed E-state index contributed by atoms with van der Waals surface area (Å²) in [6.45, 7) is 5.96. The summed E-state index contributed by atoms with van der Waals surface area (Å²) in [5.74, 6) is 6.41. The normalized spacial score (nSPS) is 23.6. The van der Waals surface area contributed by atoms with Crippen molar-refractivity contribution in [2.75, 3.05) is 26.7 Å². The van der Waals surface area contributed by atoms with Gasteiger partial charge in [0, 0.05) is 43.5 Å². The van der Waals surface area contributed by atoms with Crippen LogP contribution in [-0.2, 0) is 14.8 Å². The molecular weight excluding hydrogens is 464 g/mol. The molecule has 1 saturated carbocycles. The number of ether oxygens (including phenoxy) is 1. The summed E-state index contributed by atoms with van der Waals surface area (Å²) in [5, 5.41) is 9.80. The molecule has 0 saturated heterocycles. The summed E-state index contributed by atoms with van der Waals surface area (Å²) in [6.07, 6.45) is 6.49. The fraction of sp³-hybridized carbons (Fsp3) is 0.667. The minimum atomic E-state index is -3.89. The molecule has 35 heavy (non-hydrogen) atoms. The van der Waals surface area contributed by atoms with Crippen LogP contribution in [-0.4, -0.2) is 67.5 Å².